The maximum Gasteiger partial charge on any atom is 0.306 e. The highest BCUT2D eigenvalue weighted by atomic mass is 16.6. The third kappa shape index (κ3) is 68.0. The highest BCUT2D eigenvalue weighted by Crippen LogP contribution is 2.18. The van der Waals surface area contributed by atoms with Crippen LogP contribution in [-0.4, -0.2) is 37.2 Å². The van der Waals surface area contributed by atoms with E-state index in [0.717, 1.165) is 70.6 Å². The molecule has 6 nitrogen and oxygen atoms in total. The van der Waals surface area contributed by atoms with Crippen molar-refractivity contribution in [3.8, 4) is 0 Å². The number of unbranched alkanes of at least 4 members (excludes halogenated alkanes) is 48. The molecule has 81 heavy (non-hydrogen) atoms. The molecule has 0 bridgehead atoms. The largest absolute Gasteiger partial charge is 0.462 e. The molecule has 0 aliphatic carbocycles. The number of rotatable bonds is 67. The van der Waals surface area contributed by atoms with Gasteiger partial charge in [0.15, 0.2) is 6.10 Å². The first-order valence-corrected chi connectivity index (χ1v) is 36.1. The Balaban J connectivity index is 4.27. The fourth-order valence-electron chi connectivity index (χ4n) is 10.9. The molecule has 0 heterocycles. The lowest BCUT2D eigenvalue weighted by Crippen LogP contribution is -2.30. The summed E-state index contributed by atoms with van der Waals surface area (Å²) in [6, 6.07) is 0. The Morgan fingerprint density at radius 3 is 0.704 bits per heavy atom. The van der Waals surface area contributed by atoms with Crippen LogP contribution in [0.15, 0.2) is 48.6 Å². The average Bonchev–Trinajstić information content (AvgIpc) is 3.47. The van der Waals surface area contributed by atoms with E-state index in [1.807, 2.05) is 0 Å². The molecule has 0 radical (unpaired) electrons. The zero-order valence-electron chi connectivity index (χ0n) is 54.6. The number of hydrogen-bond acceptors (Lipinski definition) is 6. The Labute approximate surface area is 505 Å². The van der Waals surface area contributed by atoms with Crippen LogP contribution in [0.1, 0.15) is 393 Å². The molecule has 0 aromatic rings. The number of carbonyl (C=O) groups excluding carboxylic acids is 3. The monoisotopic (exact) mass is 1140 g/mol. The molecule has 0 rings (SSSR count). The number of allylic oxidation sites excluding steroid dienone is 8. The number of hydrogen-bond donors (Lipinski definition) is 0. The van der Waals surface area contributed by atoms with Gasteiger partial charge in [0.05, 0.1) is 0 Å². The molecule has 474 valence electrons. The highest BCUT2D eigenvalue weighted by molar-refractivity contribution is 5.71. The minimum absolute atomic E-state index is 0.0695. The van der Waals surface area contributed by atoms with Gasteiger partial charge in [0, 0.05) is 19.3 Å². The van der Waals surface area contributed by atoms with Gasteiger partial charge in [-0.3, -0.25) is 14.4 Å². The minimum atomic E-state index is -0.774. The summed E-state index contributed by atoms with van der Waals surface area (Å²) in [5.41, 5.74) is 0. The molecule has 0 spiro atoms. The molecule has 0 saturated heterocycles. The Kier molecular flexibility index (Phi) is 67.6. The van der Waals surface area contributed by atoms with Crippen LogP contribution in [0.5, 0.6) is 0 Å². The Morgan fingerprint density at radius 2 is 0.444 bits per heavy atom. The van der Waals surface area contributed by atoms with E-state index in [-0.39, 0.29) is 31.1 Å². The molecule has 0 amide bonds. The molecule has 0 aromatic carbocycles. The van der Waals surface area contributed by atoms with Crippen molar-refractivity contribution in [1.29, 1.82) is 0 Å². The van der Waals surface area contributed by atoms with Gasteiger partial charge < -0.3 is 14.2 Å². The molecular weight excluding hydrogens is 997 g/mol. The summed E-state index contributed by atoms with van der Waals surface area (Å²) in [4.78, 5) is 38.5. The summed E-state index contributed by atoms with van der Waals surface area (Å²) >= 11 is 0. The van der Waals surface area contributed by atoms with Crippen LogP contribution in [0.4, 0.5) is 0 Å². The zero-order chi connectivity index (χ0) is 58.5. The predicted octanol–water partition coefficient (Wildman–Crippen LogP) is 24.9. The van der Waals surface area contributed by atoms with E-state index in [2.05, 4.69) is 69.4 Å². The van der Waals surface area contributed by atoms with Crippen molar-refractivity contribution in [2.24, 2.45) is 0 Å². The second-order valence-electron chi connectivity index (χ2n) is 24.5. The summed E-state index contributed by atoms with van der Waals surface area (Å²) in [6.07, 6.45) is 88.5. The number of esters is 3. The van der Waals surface area contributed by atoms with E-state index in [1.165, 1.54) is 283 Å². The van der Waals surface area contributed by atoms with Gasteiger partial charge in [-0.25, -0.2) is 0 Å². The van der Waals surface area contributed by atoms with Crippen LogP contribution >= 0.6 is 0 Å². The normalized spacial score (nSPS) is 12.3. The second-order valence-corrected chi connectivity index (χ2v) is 24.5. The van der Waals surface area contributed by atoms with E-state index in [9.17, 15) is 14.4 Å². The van der Waals surface area contributed by atoms with Crippen molar-refractivity contribution >= 4 is 17.9 Å². The molecule has 0 aliphatic heterocycles. The first kappa shape index (κ1) is 78.4. The van der Waals surface area contributed by atoms with Gasteiger partial charge in [-0.05, 0) is 83.5 Å². The van der Waals surface area contributed by atoms with Crippen molar-refractivity contribution in [2.45, 2.75) is 399 Å². The maximum atomic E-state index is 13.0. The van der Waals surface area contributed by atoms with Gasteiger partial charge in [0.2, 0.25) is 0 Å². The van der Waals surface area contributed by atoms with Crippen LogP contribution in [0.3, 0.4) is 0 Å². The van der Waals surface area contributed by atoms with Gasteiger partial charge in [0.1, 0.15) is 13.2 Å². The molecule has 0 N–H and O–H groups in total. The molecule has 0 aromatic heterocycles. The summed E-state index contributed by atoms with van der Waals surface area (Å²) in [5, 5.41) is 0. The number of ether oxygens (including phenoxy) is 3. The van der Waals surface area contributed by atoms with Gasteiger partial charge in [-0.1, -0.05) is 339 Å². The summed E-state index contributed by atoms with van der Waals surface area (Å²) in [7, 11) is 0. The fraction of sp³-hybridized carbons (Fsp3) is 0.853. The molecule has 1 atom stereocenters. The SMILES string of the molecule is CCCCC/C=C\C/C=C\CCCCCCCCCCCC(=O)OC(COC(=O)CCCCCCCCCCCCCCCCC/C=C\C/C=C\CCCCCCC)COC(=O)CCCCCCCCCCCCCCCCCCC. The Morgan fingerprint density at radius 1 is 0.247 bits per heavy atom. The minimum Gasteiger partial charge on any atom is -0.462 e. The lowest BCUT2D eigenvalue weighted by Gasteiger charge is -2.18. The van der Waals surface area contributed by atoms with E-state index in [4.69, 9.17) is 14.2 Å². The fourth-order valence-corrected chi connectivity index (χ4v) is 10.9. The molecule has 0 saturated carbocycles. The van der Waals surface area contributed by atoms with Crippen molar-refractivity contribution in [3.63, 3.8) is 0 Å². The average molecular weight is 1140 g/mol. The smallest absolute Gasteiger partial charge is 0.306 e. The van der Waals surface area contributed by atoms with E-state index in [1.54, 1.807) is 0 Å². The molecule has 1 unspecified atom stereocenters. The van der Waals surface area contributed by atoms with E-state index < -0.39 is 6.10 Å². The lowest BCUT2D eigenvalue weighted by atomic mass is 10.0. The maximum absolute atomic E-state index is 13.0. The summed E-state index contributed by atoms with van der Waals surface area (Å²) < 4.78 is 17.0. The third-order valence-corrected chi connectivity index (χ3v) is 16.3. The summed E-state index contributed by atoms with van der Waals surface area (Å²) in [6.45, 7) is 6.68. The van der Waals surface area contributed by atoms with Crippen LogP contribution < -0.4 is 0 Å². The van der Waals surface area contributed by atoms with Crippen LogP contribution in [0.2, 0.25) is 0 Å². The Hall–Kier alpha value is -2.63. The van der Waals surface area contributed by atoms with Crippen LogP contribution in [0.25, 0.3) is 0 Å². The summed E-state index contributed by atoms with van der Waals surface area (Å²) in [5.74, 6) is -0.845. The molecular formula is C75H138O6. The zero-order valence-corrected chi connectivity index (χ0v) is 54.6. The van der Waals surface area contributed by atoms with Crippen molar-refractivity contribution < 1.29 is 28.6 Å². The molecule has 6 heteroatoms. The van der Waals surface area contributed by atoms with Crippen molar-refractivity contribution in [2.75, 3.05) is 13.2 Å². The van der Waals surface area contributed by atoms with E-state index >= 15 is 0 Å². The number of carbonyl (C=O) groups is 3. The highest BCUT2D eigenvalue weighted by Gasteiger charge is 2.19. The second kappa shape index (κ2) is 69.9. The quantitative estimate of drug-likeness (QED) is 0.0261. The van der Waals surface area contributed by atoms with Crippen LogP contribution in [0, 0.1) is 0 Å². The third-order valence-electron chi connectivity index (χ3n) is 16.3. The van der Waals surface area contributed by atoms with Crippen molar-refractivity contribution in [3.05, 3.63) is 48.6 Å². The molecule has 0 fully saturated rings. The first-order valence-electron chi connectivity index (χ1n) is 36.1. The predicted molar refractivity (Wildman–Crippen MR) is 353 cm³/mol. The van der Waals surface area contributed by atoms with E-state index in [0.29, 0.717) is 19.3 Å². The Bertz CT molecular complexity index is 1400. The standard InChI is InChI=1S/C75H138O6/c1-4-7-10-13-16-19-22-25-28-31-33-34-35-36-37-38-39-40-42-44-47-50-53-56-59-62-65-68-74(77)80-71-72(70-79-73(76)67-64-61-58-55-52-49-46-43-30-27-24-21-18-15-12-9-6-3)81-75(78)69-66-63-60-57-54-51-48-45-41-32-29-26-23-20-17-14-11-8-5-2/h17,20,22,25-26,29,31,33,72H,4-16,18-19,21,23-24,27-28,30,32,34-71H2,1-3H3/b20-17-,25-22-,29-26-,33-31-. The molecule has 0 aliphatic rings. The van der Waals surface area contributed by atoms with Gasteiger partial charge in [-0.2, -0.15) is 0 Å². The first-order chi connectivity index (χ1) is 40.0. The van der Waals surface area contributed by atoms with Gasteiger partial charge in [-0.15, -0.1) is 0 Å². The lowest BCUT2D eigenvalue weighted by molar-refractivity contribution is -0.167. The topological polar surface area (TPSA) is 78.9 Å². The van der Waals surface area contributed by atoms with Gasteiger partial charge in [0.25, 0.3) is 0 Å². The van der Waals surface area contributed by atoms with Crippen LogP contribution in [-0.2, 0) is 28.6 Å². The van der Waals surface area contributed by atoms with Crippen molar-refractivity contribution in [1.82, 2.24) is 0 Å². The van der Waals surface area contributed by atoms with Gasteiger partial charge >= 0.3 is 17.9 Å².